The van der Waals surface area contributed by atoms with Crippen LogP contribution in [-0.2, 0) is 9.53 Å². The number of halogens is 1. The molecule has 5 nitrogen and oxygen atoms in total. The summed E-state index contributed by atoms with van der Waals surface area (Å²) in [5, 5.41) is 2.21. The summed E-state index contributed by atoms with van der Waals surface area (Å²) in [6, 6.07) is 0. The Morgan fingerprint density at radius 3 is 1.72 bits per heavy atom. The molecular formula is C35H64ClN3O2S2. The van der Waals surface area contributed by atoms with E-state index in [4.69, 9.17) is 21.3 Å². The first-order valence-corrected chi connectivity index (χ1v) is 20.2. The van der Waals surface area contributed by atoms with E-state index in [0.717, 1.165) is 54.6 Å². The quantitative estimate of drug-likeness (QED) is 0.0447. The second kappa shape index (κ2) is 30.1. The number of unbranched alkanes of at least 4 members (excludes halogenated alkanes) is 18. The third kappa shape index (κ3) is 25.4. The predicted octanol–water partition coefficient (Wildman–Crippen LogP) is 12.4. The van der Waals surface area contributed by atoms with Gasteiger partial charge in [0.15, 0.2) is 10.3 Å². The second-order valence-corrected chi connectivity index (χ2v) is 14.7. The molecule has 0 fully saturated rings. The van der Waals surface area contributed by atoms with Crippen molar-refractivity contribution in [1.82, 2.24) is 15.0 Å². The van der Waals surface area contributed by atoms with E-state index < -0.39 is 0 Å². The Balaban J connectivity index is 2.35. The summed E-state index contributed by atoms with van der Waals surface area (Å²) in [7, 11) is 0. The number of carbonyl (C=O) groups is 1. The number of aromatic nitrogens is 3. The van der Waals surface area contributed by atoms with Crippen molar-refractivity contribution in [3.63, 3.8) is 0 Å². The summed E-state index contributed by atoms with van der Waals surface area (Å²) in [4.78, 5) is 25.7. The maximum atomic E-state index is 12.1. The first-order valence-electron chi connectivity index (χ1n) is 18.0. The minimum atomic E-state index is -0.0530. The van der Waals surface area contributed by atoms with Crippen LogP contribution in [0.1, 0.15) is 181 Å². The van der Waals surface area contributed by atoms with Gasteiger partial charge in [-0.2, -0.15) is 15.0 Å². The topological polar surface area (TPSA) is 65.0 Å². The third-order valence-electron chi connectivity index (χ3n) is 7.87. The highest BCUT2D eigenvalue weighted by atomic mass is 35.5. The van der Waals surface area contributed by atoms with Crippen LogP contribution >= 0.6 is 35.1 Å². The molecular weight excluding hydrogens is 594 g/mol. The van der Waals surface area contributed by atoms with Crippen LogP contribution in [0.2, 0.25) is 5.28 Å². The average Bonchev–Trinajstić information content (AvgIpc) is 2.99. The molecule has 0 saturated carbocycles. The van der Waals surface area contributed by atoms with E-state index in [-0.39, 0.29) is 5.97 Å². The molecule has 1 heterocycles. The number of nitrogens with zero attached hydrogens (tertiary/aromatic N) is 3. The monoisotopic (exact) mass is 657 g/mol. The minimum absolute atomic E-state index is 0.0530. The highest BCUT2D eigenvalue weighted by molar-refractivity contribution is 8.00. The largest absolute Gasteiger partial charge is 0.466 e. The van der Waals surface area contributed by atoms with E-state index >= 15 is 0 Å². The van der Waals surface area contributed by atoms with Gasteiger partial charge in [0, 0.05) is 17.4 Å². The molecule has 0 saturated heterocycles. The standard InChI is InChI=1S/C35H64ClN3O2S2/c1-4-7-10-13-14-15-16-17-18-19-20-25-30-42-34-37-33(36)38-35(39-34)43-31(26-21-11-8-5-2)27-22-23-28-32(40)41-29-24-12-9-6-3/h31H,4-30H2,1-3H3. The lowest BCUT2D eigenvalue weighted by molar-refractivity contribution is -0.143. The molecule has 0 radical (unpaired) electrons. The zero-order chi connectivity index (χ0) is 31.2. The Labute approximate surface area is 279 Å². The number of ether oxygens (including phenoxy) is 1. The molecule has 43 heavy (non-hydrogen) atoms. The van der Waals surface area contributed by atoms with Crippen LogP contribution in [0.3, 0.4) is 0 Å². The third-order valence-corrected chi connectivity index (χ3v) is 10.2. The van der Waals surface area contributed by atoms with E-state index in [2.05, 4.69) is 30.7 Å². The highest BCUT2D eigenvalue weighted by Crippen LogP contribution is 2.30. The molecule has 0 bridgehead atoms. The summed E-state index contributed by atoms with van der Waals surface area (Å²) < 4.78 is 5.41. The van der Waals surface area contributed by atoms with E-state index in [1.807, 2.05) is 0 Å². The number of carbonyl (C=O) groups excluding carboxylic acids is 1. The van der Waals surface area contributed by atoms with Gasteiger partial charge in [-0.05, 0) is 43.7 Å². The van der Waals surface area contributed by atoms with Gasteiger partial charge in [0.1, 0.15) is 0 Å². The fourth-order valence-electron chi connectivity index (χ4n) is 5.18. The summed E-state index contributed by atoms with van der Waals surface area (Å²) in [5.74, 6) is 0.972. The predicted molar refractivity (Wildman–Crippen MR) is 189 cm³/mol. The van der Waals surface area contributed by atoms with Crippen molar-refractivity contribution in [2.24, 2.45) is 0 Å². The van der Waals surface area contributed by atoms with E-state index in [9.17, 15) is 4.79 Å². The smallest absolute Gasteiger partial charge is 0.305 e. The minimum Gasteiger partial charge on any atom is -0.466 e. The second-order valence-electron chi connectivity index (χ2n) is 12.0. The van der Waals surface area contributed by atoms with Crippen molar-refractivity contribution in [3.05, 3.63) is 5.28 Å². The van der Waals surface area contributed by atoms with Gasteiger partial charge in [-0.3, -0.25) is 4.79 Å². The Morgan fingerprint density at radius 1 is 0.628 bits per heavy atom. The Morgan fingerprint density at radius 2 is 1.12 bits per heavy atom. The molecule has 1 aromatic heterocycles. The molecule has 1 unspecified atom stereocenters. The first-order chi connectivity index (χ1) is 21.1. The molecule has 0 N–H and O–H groups in total. The lowest BCUT2D eigenvalue weighted by Crippen LogP contribution is -2.08. The van der Waals surface area contributed by atoms with Crippen LogP contribution in [0.5, 0.6) is 0 Å². The van der Waals surface area contributed by atoms with E-state index in [1.54, 1.807) is 23.5 Å². The average molecular weight is 659 g/mol. The molecule has 0 spiro atoms. The van der Waals surface area contributed by atoms with Crippen molar-refractivity contribution in [1.29, 1.82) is 0 Å². The number of esters is 1. The van der Waals surface area contributed by atoms with E-state index in [1.165, 1.54) is 116 Å². The molecule has 1 rings (SSSR count). The van der Waals surface area contributed by atoms with Gasteiger partial charge in [-0.15, -0.1) is 0 Å². The van der Waals surface area contributed by atoms with Crippen LogP contribution < -0.4 is 0 Å². The zero-order valence-corrected chi connectivity index (χ0v) is 30.4. The molecule has 1 atom stereocenters. The van der Waals surface area contributed by atoms with Crippen LogP contribution in [0.4, 0.5) is 0 Å². The first kappa shape index (κ1) is 40.5. The van der Waals surface area contributed by atoms with Gasteiger partial charge in [-0.1, -0.05) is 166 Å². The molecule has 0 aliphatic rings. The van der Waals surface area contributed by atoms with Gasteiger partial charge in [0.25, 0.3) is 0 Å². The molecule has 1 aromatic rings. The maximum Gasteiger partial charge on any atom is 0.305 e. The molecule has 0 aromatic carbocycles. The number of thioether (sulfide) groups is 2. The summed E-state index contributed by atoms with van der Waals surface area (Å²) in [6.07, 6.45) is 30.4. The maximum absolute atomic E-state index is 12.1. The Kier molecular flexibility index (Phi) is 28.4. The normalized spacial score (nSPS) is 12.1. The lowest BCUT2D eigenvalue weighted by atomic mass is 10.1. The van der Waals surface area contributed by atoms with Crippen LogP contribution in [0, 0.1) is 0 Å². The molecule has 0 aliphatic carbocycles. The van der Waals surface area contributed by atoms with E-state index in [0.29, 0.717) is 23.6 Å². The summed E-state index contributed by atoms with van der Waals surface area (Å²) in [6.45, 7) is 7.28. The number of rotatable bonds is 31. The summed E-state index contributed by atoms with van der Waals surface area (Å²) >= 11 is 9.77. The Hall–Kier alpha value is -0.530. The molecule has 0 aliphatic heterocycles. The van der Waals surface area contributed by atoms with Crippen molar-refractivity contribution < 1.29 is 9.53 Å². The van der Waals surface area contributed by atoms with Crippen LogP contribution in [0.15, 0.2) is 10.3 Å². The van der Waals surface area contributed by atoms with Crippen molar-refractivity contribution >= 4 is 41.1 Å². The van der Waals surface area contributed by atoms with Gasteiger partial charge < -0.3 is 4.74 Å². The van der Waals surface area contributed by atoms with Gasteiger partial charge in [0.05, 0.1) is 6.61 Å². The van der Waals surface area contributed by atoms with Crippen molar-refractivity contribution in [2.75, 3.05) is 12.4 Å². The van der Waals surface area contributed by atoms with Gasteiger partial charge >= 0.3 is 5.97 Å². The fraction of sp³-hybridized carbons (Fsp3) is 0.886. The fourth-order valence-corrected chi connectivity index (χ4v) is 7.47. The van der Waals surface area contributed by atoms with Crippen LogP contribution in [-0.4, -0.2) is 38.5 Å². The molecule has 8 heteroatoms. The lowest BCUT2D eigenvalue weighted by Gasteiger charge is -2.16. The number of hydrogen-bond acceptors (Lipinski definition) is 7. The molecule has 0 amide bonds. The van der Waals surface area contributed by atoms with Gasteiger partial charge in [0.2, 0.25) is 5.28 Å². The van der Waals surface area contributed by atoms with Crippen molar-refractivity contribution in [3.8, 4) is 0 Å². The van der Waals surface area contributed by atoms with Gasteiger partial charge in [-0.25, -0.2) is 0 Å². The van der Waals surface area contributed by atoms with Crippen molar-refractivity contribution in [2.45, 2.75) is 197 Å². The Bertz CT molecular complexity index is 787. The number of hydrogen-bond donors (Lipinski definition) is 0. The summed E-state index contributed by atoms with van der Waals surface area (Å²) in [5.41, 5.74) is 0. The molecule has 250 valence electrons. The zero-order valence-electron chi connectivity index (χ0n) is 28.0. The van der Waals surface area contributed by atoms with Crippen LogP contribution in [0.25, 0.3) is 0 Å². The SMILES string of the molecule is CCCCCCCCCCCCCCSc1nc(Cl)nc(SC(CCCCCC)CCCCC(=O)OCCCCCC)n1. The highest BCUT2D eigenvalue weighted by Gasteiger charge is 2.15.